The number of furan rings is 1. The molecule has 0 unspecified atom stereocenters. The van der Waals surface area contributed by atoms with Crippen LogP contribution in [0.15, 0.2) is 108 Å². The first kappa shape index (κ1) is 26.0. The molecule has 5 nitrogen and oxygen atoms in total. The number of pyridine rings is 2. The van der Waals surface area contributed by atoms with E-state index in [2.05, 4.69) is 61.5 Å². The molecular formula is C34H26IrN4O. The van der Waals surface area contributed by atoms with Crippen LogP contribution in [0.4, 0.5) is 17.1 Å². The fourth-order valence-electron chi connectivity index (χ4n) is 5.49. The van der Waals surface area contributed by atoms with E-state index >= 15 is 0 Å². The van der Waals surface area contributed by atoms with E-state index < -0.39 is 0 Å². The summed E-state index contributed by atoms with van der Waals surface area (Å²) in [6.07, 6.45) is 8.58. The molecule has 1 saturated carbocycles. The third kappa shape index (κ3) is 4.82. The smallest absolute Gasteiger partial charge is 0.494 e. The van der Waals surface area contributed by atoms with Gasteiger partial charge in [0.05, 0.1) is 5.58 Å². The van der Waals surface area contributed by atoms with E-state index in [0.717, 1.165) is 39.0 Å². The molecule has 0 spiro atoms. The summed E-state index contributed by atoms with van der Waals surface area (Å²) in [6, 6.07) is 40.8. The standard InChI is InChI=1S/C23H18N3O.C11H8N.Ir/c1-2-8-16(7-1)25-15-26(20-12-4-3-11-19(20)25)21-13-5-9-17-18-10-6-14-24-23(18)27-22(17)21;1-2-6-10(7-3-1)11-8-4-5-9-12-11;/h3-6,9-12,14,16H,1-2,7-8H2;1-6,8-9H;/q+1;-1;. The molecule has 3 aromatic heterocycles. The Morgan fingerprint density at radius 3 is 2.35 bits per heavy atom. The van der Waals surface area contributed by atoms with Crippen molar-refractivity contribution in [2.45, 2.75) is 31.7 Å². The maximum atomic E-state index is 6.13. The van der Waals surface area contributed by atoms with E-state index in [4.69, 9.17) is 4.42 Å². The van der Waals surface area contributed by atoms with Crippen LogP contribution in [-0.2, 0) is 20.1 Å². The zero-order valence-corrected chi connectivity index (χ0v) is 24.1. The van der Waals surface area contributed by atoms with E-state index in [0.29, 0.717) is 11.8 Å². The van der Waals surface area contributed by atoms with Crippen LogP contribution in [0.1, 0.15) is 25.7 Å². The summed E-state index contributed by atoms with van der Waals surface area (Å²) in [6.45, 7) is 0. The van der Waals surface area contributed by atoms with Crippen LogP contribution >= 0.6 is 0 Å². The topological polar surface area (TPSA) is 44.9 Å². The number of fused-ring (bicyclic) bond motifs is 4. The van der Waals surface area contributed by atoms with Gasteiger partial charge in [-0.2, -0.15) is 12.1 Å². The predicted octanol–water partition coefficient (Wildman–Crippen LogP) is 7.94. The first-order chi connectivity index (χ1) is 19.4. The van der Waals surface area contributed by atoms with Crippen molar-refractivity contribution in [2.75, 3.05) is 0 Å². The Balaban J connectivity index is 0.000000188. The van der Waals surface area contributed by atoms with Gasteiger partial charge in [-0.25, -0.2) is 4.98 Å². The molecule has 0 amide bonds. The largest absolute Gasteiger partial charge is 0.495 e. The minimum Gasteiger partial charge on any atom is -0.495 e. The molecule has 1 aliphatic heterocycles. The van der Waals surface area contributed by atoms with E-state index in [1.807, 2.05) is 66.7 Å². The number of hydrogen-bond acceptors (Lipinski definition) is 3. The molecule has 2 aliphatic rings. The first-order valence-electron chi connectivity index (χ1n) is 13.4. The van der Waals surface area contributed by atoms with Crippen LogP contribution in [-0.4, -0.2) is 26.6 Å². The van der Waals surface area contributed by atoms with Crippen LogP contribution in [0.5, 0.6) is 0 Å². The third-order valence-electron chi connectivity index (χ3n) is 7.34. The van der Waals surface area contributed by atoms with Gasteiger partial charge in [0.2, 0.25) is 5.71 Å². The van der Waals surface area contributed by atoms with E-state index in [1.165, 1.54) is 31.4 Å². The zero-order valence-electron chi connectivity index (χ0n) is 21.8. The van der Waals surface area contributed by atoms with Gasteiger partial charge in [0.25, 0.3) is 11.4 Å². The molecule has 0 atom stereocenters. The predicted molar refractivity (Wildman–Crippen MR) is 154 cm³/mol. The number of rotatable bonds is 3. The third-order valence-corrected chi connectivity index (χ3v) is 7.34. The minimum atomic E-state index is 0. The first-order valence-corrected chi connectivity index (χ1v) is 13.4. The van der Waals surface area contributed by atoms with Gasteiger partial charge in [-0.1, -0.05) is 38.8 Å². The van der Waals surface area contributed by atoms with Gasteiger partial charge in [0.15, 0.2) is 11.7 Å². The van der Waals surface area contributed by atoms with Gasteiger partial charge in [-0.3, -0.25) is 0 Å². The van der Waals surface area contributed by atoms with Crippen molar-refractivity contribution in [1.82, 2.24) is 14.5 Å². The SMILES string of the molecule is C1=[N+](c2[c-]ccc3c2oc2ncccc23)c2ccccc2[N+]=1C1CCCC1.[Ir].[c-]1ccccc1-c1ccccn1. The number of nitrogens with zero attached hydrogens (tertiary/aromatic N) is 4. The molecule has 1 radical (unpaired) electrons. The molecule has 1 aliphatic carbocycles. The van der Waals surface area contributed by atoms with Crippen molar-refractivity contribution in [3.8, 4) is 11.3 Å². The van der Waals surface area contributed by atoms with Crippen molar-refractivity contribution < 1.29 is 29.1 Å². The van der Waals surface area contributed by atoms with Gasteiger partial charge < -0.3 is 9.40 Å². The van der Waals surface area contributed by atoms with Crippen molar-refractivity contribution in [3.05, 3.63) is 116 Å². The fourth-order valence-corrected chi connectivity index (χ4v) is 5.49. The van der Waals surface area contributed by atoms with E-state index in [1.54, 1.807) is 12.4 Å². The Morgan fingerprint density at radius 2 is 1.55 bits per heavy atom. The molecule has 0 N–H and O–H groups in total. The minimum absolute atomic E-state index is 0. The molecule has 4 heterocycles. The molecule has 8 rings (SSSR count). The molecular weight excluding hydrogens is 673 g/mol. The van der Waals surface area contributed by atoms with Gasteiger partial charge in [0, 0.05) is 62.9 Å². The number of aromatic nitrogens is 2. The molecule has 6 heteroatoms. The molecule has 0 bridgehead atoms. The maximum absolute atomic E-state index is 6.13. The van der Waals surface area contributed by atoms with Crippen LogP contribution in [0, 0.1) is 12.1 Å². The molecule has 197 valence electrons. The van der Waals surface area contributed by atoms with E-state index in [9.17, 15) is 0 Å². The van der Waals surface area contributed by atoms with Crippen LogP contribution in [0.25, 0.3) is 33.3 Å². The van der Waals surface area contributed by atoms with Crippen molar-refractivity contribution in [2.24, 2.45) is 0 Å². The van der Waals surface area contributed by atoms with Crippen molar-refractivity contribution >= 4 is 45.1 Å². The zero-order chi connectivity index (χ0) is 26.0. The summed E-state index contributed by atoms with van der Waals surface area (Å²) in [7, 11) is 0. The fraction of sp³-hybridized carbons (Fsp3) is 0.147. The summed E-state index contributed by atoms with van der Waals surface area (Å²) in [5.74, 6) is 0. The maximum Gasteiger partial charge on any atom is 0.494 e. The van der Waals surface area contributed by atoms with Gasteiger partial charge in [0.1, 0.15) is 0 Å². The molecule has 6 aromatic rings. The van der Waals surface area contributed by atoms with Gasteiger partial charge in [-0.05, 0) is 36.7 Å². The Labute approximate surface area is 246 Å². The number of benzene rings is 3. The molecule has 1 fully saturated rings. The quantitative estimate of drug-likeness (QED) is 0.139. The monoisotopic (exact) mass is 699 g/mol. The second-order valence-corrected chi connectivity index (χ2v) is 9.75. The average molecular weight is 699 g/mol. The molecule has 3 aromatic carbocycles. The second-order valence-electron chi connectivity index (χ2n) is 9.75. The summed E-state index contributed by atoms with van der Waals surface area (Å²) in [4.78, 5) is 8.60. The van der Waals surface area contributed by atoms with Crippen LogP contribution in [0.3, 0.4) is 0 Å². The molecule has 0 saturated heterocycles. The second kappa shape index (κ2) is 11.5. The van der Waals surface area contributed by atoms with Crippen LogP contribution in [0.2, 0.25) is 0 Å². The summed E-state index contributed by atoms with van der Waals surface area (Å²) < 4.78 is 10.5. The normalized spacial score (nSPS) is 14.2. The Bertz CT molecular complexity index is 1810. The van der Waals surface area contributed by atoms with Gasteiger partial charge in [-0.15, -0.1) is 42.0 Å². The Kier molecular flexibility index (Phi) is 7.48. The summed E-state index contributed by atoms with van der Waals surface area (Å²) in [5.41, 5.74) is 6.70. The van der Waals surface area contributed by atoms with Crippen molar-refractivity contribution in [1.29, 1.82) is 0 Å². The number of para-hydroxylation sites is 2. The van der Waals surface area contributed by atoms with E-state index in [-0.39, 0.29) is 20.1 Å². The Hall–Kier alpha value is -4.21. The van der Waals surface area contributed by atoms with Gasteiger partial charge >= 0.3 is 6.01 Å². The number of hydrogen-bond donors (Lipinski definition) is 0. The average Bonchev–Trinajstić information content (AvgIpc) is 3.76. The summed E-state index contributed by atoms with van der Waals surface area (Å²) >= 11 is 0. The van der Waals surface area contributed by atoms with Crippen LogP contribution < -0.4 is 4.58 Å². The Morgan fingerprint density at radius 1 is 0.750 bits per heavy atom. The summed E-state index contributed by atoms with van der Waals surface area (Å²) in [5, 5.41) is 2.09. The van der Waals surface area contributed by atoms with Crippen molar-refractivity contribution in [3.63, 3.8) is 0 Å². The molecule has 40 heavy (non-hydrogen) atoms.